The van der Waals surface area contributed by atoms with Crippen molar-refractivity contribution in [2.75, 3.05) is 40.3 Å². The van der Waals surface area contributed by atoms with Crippen molar-refractivity contribution in [2.45, 2.75) is 130 Å². The number of likely N-dealkylation sites (tertiary alicyclic amines) is 1. The van der Waals surface area contributed by atoms with Crippen molar-refractivity contribution in [3.63, 3.8) is 0 Å². The number of carbonyl (C=O) groups is 2. The third-order valence-corrected chi connectivity index (χ3v) is 7.26. The second kappa shape index (κ2) is 18.2. The van der Waals surface area contributed by atoms with Gasteiger partial charge in [-0.25, -0.2) is 0 Å². The summed E-state index contributed by atoms with van der Waals surface area (Å²) in [6.45, 7) is 11.6. The lowest BCUT2D eigenvalue weighted by Crippen LogP contribution is -2.30. The lowest BCUT2D eigenvalue weighted by molar-refractivity contribution is -0.154. The summed E-state index contributed by atoms with van der Waals surface area (Å²) < 4.78 is 11.3. The Morgan fingerprint density at radius 1 is 0.943 bits per heavy atom. The molecule has 0 unspecified atom stereocenters. The zero-order chi connectivity index (χ0) is 26.1. The van der Waals surface area contributed by atoms with Crippen LogP contribution in [-0.2, 0) is 19.1 Å². The van der Waals surface area contributed by atoms with Crippen molar-refractivity contribution in [1.29, 1.82) is 0 Å². The molecule has 1 aliphatic heterocycles. The van der Waals surface area contributed by atoms with E-state index in [9.17, 15) is 9.59 Å². The summed E-state index contributed by atoms with van der Waals surface area (Å²) >= 11 is 0. The van der Waals surface area contributed by atoms with E-state index in [-0.39, 0.29) is 18.0 Å². The number of unbranched alkanes of at least 4 members (excludes halogenated alkanes) is 9. The van der Waals surface area contributed by atoms with Gasteiger partial charge in [0.15, 0.2) is 0 Å². The normalized spacial score (nSPS) is 18.8. The van der Waals surface area contributed by atoms with E-state index in [2.05, 4.69) is 18.7 Å². The molecule has 0 aromatic heterocycles. The van der Waals surface area contributed by atoms with E-state index < -0.39 is 5.41 Å². The Morgan fingerprint density at radius 3 is 2.20 bits per heavy atom. The maximum atomic E-state index is 12.6. The SMILES string of the molecule is CCCCCCCCCCCOC(=O)C(C)(C)CCCCN1C[C@@H](OC(=O)CCN(C)C)C[C@H]1C. The standard InChI is InChI=1S/C29H56N2O4/c1-7-8-9-10-11-12-13-14-17-22-34-28(33)29(3,4)19-15-16-20-31-24-26(23-25(31)2)35-27(32)18-21-30(5)6/h25-26H,7-24H2,1-6H3/t25-,26+/m1/s1. The highest BCUT2D eigenvalue weighted by molar-refractivity contribution is 5.75. The summed E-state index contributed by atoms with van der Waals surface area (Å²) in [4.78, 5) is 29.0. The van der Waals surface area contributed by atoms with Gasteiger partial charge in [0.2, 0.25) is 0 Å². The fourth-order valence-electron chi connectivity index (χ4n) is 4.76. The van der Waals surface area contributed by atoms with Crippen molar-refractivity contribution in [2.24, 2.45) is 5.41 Å². The molecule has 0 aliphatic carbocycles. The lowest BCUT2D eigenvalue weighted by Gasteiger charge is -2.24. The number of ether oxygens (including phenoxy) is 2. The average molecular weight is 497 g/mol. The van der Waals surface area contributed by atoms with Crippen LogP contribution in [-0.4, -0.2) is 74.2 Å². The number of hydrogen-bond acceptors (Lipinski definition) is 6. The monoisotopic (exact) mass is 496 g/mol. The molecule has 0 bridgehead atoms. The molecule has 6 heteroatoms. The summed E-state index contributed by atoms with van der Waals surface area (Å²) in [6.07, 6.45) is 15.7. The zero-order valence-electron chi connectivity index (χ0n) is 23.9. The Bertz CT molecular complexity index is 579. The van der Waals surface area contributed by atoms with Crippen LogP contribution in [0.25, 0.3) is 0 Å². The molecule has 35 heavy (non-hydrogen) atoms. The Morgan fingerprint density at radius 2 is 1.57 bits per heavy atom. The van der Waals surface area contributed by atoms with Gasteiger partial charge in [0.05, 0.1) is 18.4 Å². The van der Waals surface area contributed by atoms with Gasteiger partial charge in [-0.1, -0.05) is 64.7 Å². The molecule has 0 radical (unpaired) electrons. The molecule has 0 saturated carbocycles. The molecule has 1 fully saturated rings. The van der Waals surface area contributed by atoms with Crippen LogP contribution < -0.4 is 0 Å². The van der Waals surface area contributed by atoms with Gasteiger partial charge < -0.3 is 14.4 Å². The van der Waals surface area contributed by atoms with Crippen LogP contribution in [0.2, 0.25) is 0 Å². The number of nitrogens with zero attached hydrogens (tertiary/aromatic N) is 2. The fraction of sp³-hybridized carbons (Fsp3) is 0.931. The van der Waals surface area contributed by atoms with Crippen molar-refractivity contribution in [3.05, 3.63) is 0 Å². The first-order valence-corrected chi connectivity index (χ1v) is 14.4. The quantitative estimate of drug-likeness (QED) is 0.147. The van der Waals surface area contributed by atoms with Crippen LogP contribution in [0.1, 0.15) is 118 Å². The van der Waals surface area contributed by atoms with Gasteiger partial charge in [-0.15, -0.1) is 0 Å². The van der Waals surface area contributed by atoms with E-state index >= 15 is 0 Å². The zero-order valence-corrected chi connectivity index (χ0v) is 23.9. The number of carbonyl (C=O) groups excluding carboxylic acids is 2. The first kappa shape index (κ1) is 31.9. The van der Waals surface area contributed by atoms with Crippen molar-refractivity contribution in [1.82, 2.24) is 9.80 Å². The molecule has 6 nitrogen and oxygen atoms in total. The minimum absolute atomic E-state index is 0.00661. The first-order valence-electron chi connectivity index (χ1n) is 14.4. The summed E-state index contributed by atoms with van der Waals surface area (Å²) in [6, 6.07) is 0.427. The van der Waals surface area contributed by atoms with E-state index in [1.807, 2.05) is 32.8 Å². The molecular weight excluding hydrogens is 440 g/mol. The van der Waals surface area contributed by atoms with Gasteiger partial charge in [0.1, 0.15) is 6.10 Å². The largest absolute Gasteiger partial charge is 0.465 e. The van der Waals surface area contributed by atoms with Gasteiger partial charge in [0, 0.05) is 25.6 Å². The van der Waals surface area contributed by atoms with E-state index in [4.69, 9.17) is 9.47 Å². The molecule has 0 amide bonds. The van der Waals surface area contributed by atoms with Gasteiger partial charge >= 0.3 is 11.9 Å². The molecule has 0 aromatic carbocycles. The van der Waals surface area contributed by atoms with Crippen LogP contribution >= 0.6 is 0 Å². The van der Waals surface area contributed by atoms with E-state index in [0.717, 1.165) is 58.2 Å². The predicted octanol–water partition coefficient (Wildman–Crippen LogP) is 6.21. The van der Waals surface area contributed by atoms with Gasteiger partial charge in [-0.3, -0.25) is 14.5 Å². The highest BCUT2D eigenvalue weighted by Crippen LogP contribution is 2.27. The summed E-state index contributed by atoms with van der Waals surface area (Å²) in [7, 11) is 3.93. The second-order valence-corrected chi connectivity index (χ2v) is 11.6. The smallest absolute Gasteiger partial charge is 0.311 e. The predicted molar refractivity (Wildman–Crippen MR) is 145 cm³/mol. The van der Waals surface area contributed by atoms with Crippen molar-refractivity contribution < 1.29 is 19.1 Å². The molecule has 1 rings (SSSR count). The van der Waals surface area contributed by atoms with E-state index in [1.54, 1.807) is 0 Å². The average Bonchev–Trinajstić information content (AvgIpc) is 3.14. The minimum atomic E-state index is -0.430. The maximum Gasteiger partial charge on any atom is 0.311 e. The van der Waals surface area contributed by atoms with E-state index in [1.165, 1.54) is 44.9 Å². The van der Waals surface area contributed by atoms with Crippen LogP contribution in [0.5, 0.6) is 0 Å². The second-order valence-electron chi connectivity index (χ2n) is 11.6. The molecule has 1 aliphatic rings. The van der Waals surface area contributed by atoms with Crippen LogP contribution in [0.3, 0.4) is 0 Å². The molecule has 0 spiro atoms. The molecule has 0 N–H and O–H groups in total. The molecule has 206 valence electrons. The van der Waals surface area contributed by atoms with Crippen LogP contribution in [0, 0.1) is 5.41 Å². The first-order chi connectivity index (χ1) is 16.7. The molecule has 1 heterocycles. The number of rotatable bonds is 20. The lowest BCUT2D eigenvalue weighted by atomic mass is 9.87. The molecule has 0 aromatic rings. The van der Waals surface area contributed by atoms with Gasteiger partial charge in [-0.2, -0.15) is 0 Å². The minimum Gasteiger partial charge on any atom is -0.465 e. The third kappa shape index (κ3) is 14.9. The highest BCUT2D eigenvalue weighted by atomic mass is 16.5. The number of esters is 2. The highest BCUT2D eigenvalue weighted by Gasteiger charge is 2.32. The Kier molecular flexibility index (Phi) is 16.5. The molecule has 1 saturated heterocycles. The van der Waals surface area contributed by atoms with Gasteiger partial charge in [-0.05, 0) is 60.7 Å². The fourth-order valence-corrected chi connectivity index (χ4v) is 4.76. The summed E-state index contributed by atoms with van der Waals surface area (Å²) in [5, 5.41) is 0. The van der Waals surface area contributed by atoms with Crippen molar-refractivity contribution >= 4 is 11.9 Å². The molecular formula is C29H56N2O4. The summed E-state index contributed by atoms with van der Waals surface area (Å²) in [5.41, 5.74) is -0.430. The van der Waals surface area contributed by atoms with Crippen LogP contribution in [0.15, 0.2) is 0 Å². The maximum absolute atomic E-state index is 12.6. The Balaban J connectivity index is 2.12. The van der Waals surface area contributed by atoms with Crippen LogP contribution in [0.4, 0.5) is 0 Å². The van der Waals surface area contributed by atoms with Gasteiger partial charge in [0.25, 0.3) is 0 Å². The topological polar surface area (TPSA) is 59.1 Å². The Hall–Kier alpha value is -1.14. The Labute approximate surface area is 216 Å². The summed E-state index contributed by atoms with van der Waals surface area (Å²) in [5.74, 6) is -0.156. The molecule has 2 atom stereocenters. The third-order valence-electron chi connectivity index (χ3n) is 7.26. The van der Waals surface area contributed by atoms with Crippen molar-refractivity contribution in [3.8, 4) is 0 Å². The number of hydrogen-bond donors (Lipinski definition) is 0. The van der Waals surface area contributed by atoms with E-state index in [0.29, 0.717) is 19.1 Å².